The first-order valence-corrected chi connectivity index (χ1v) is 4.06. The van der Waals surface area contributed by atoms with Gasteiger partial charge in [0.25, 0.3) is 0 Å². The van der Waals surface area contributed by atoms with Crippen molar-refractivity contribution in [1.82, 2.24) is 10.6 Å². The van der Waals surface area contributed by atoms with Gasteiger partial charge in [0.1, 0.15) is 6.17 Å². The number of aliphatic hydroxyl groups is 1. The molecule has 2 aliphatic rings. The van der Waals surface area contributed by atoms with E-state index in [9.17, 15) is 5.11 Å². The van der Waals surface area contributed by atoms with E-state index in [2.05, 4.69) is 10.6 Å². The standard InChI is InChI=1S/C9H12N2O/c1-6(12)8-4-7-2-3-10-9(7)11-5-8/h2-6,9-12H,1H3. The van der Waals surface area contributed by atoms with Gasteiger partial charge in [-0.1, -0.05) is 0 Å². The van der Waals surface area contributed by atoms with Crippen LogP contribution in [-0.4, -0.2) is 17.4 Å². The fourth-order valence-corrected chi connectivity index (χ4v) is 1.36. The van der Waals surface area contributed by atoms with Crippen LogP contribution in [0.1, 0.15) is 6.92 Å². The van der Waals surface area contributed by atoms with E-state index in [0.29, 0.717) is 0 Å². The van der Waals surface area contributed by atoms with Crippen LogP contribution in [0.15, 0.2) is 35.7 Å². The zero-order valence-electron chi connectivity index (χ0n) is 6.91. The van der Waals surface area contributed by atoms with Crippen molar-refractivity contribution in [3.05, 3.63) is 35.7 Å². The van der Waals surface area contributed by atoms with Crippen molar-refractivity contribution in [1.29, 1.82) is 0 Å². The van der Waals surface area contributed by atoms with E-state index in [1.807, 2.05) is 24.6 Å². The molecule has 3 heteroatoms. The van der Waals surface area contributed by atoms with Gasteiger partial charge in [-0.25, -0.2) is 0 Å². The van der Waals surface area contributed by atoms with E-state index in [0.717, 1.165) is 5.57 Å². The molecule has 0 fully saturated rings. The Morgan fingerprint density at radius 2 is 2.33 bits per heavy atom. The van der Waals surface area contributed by atoms with Crippen molar-refractivity contribution in [3.8, 4) is 0 Å². The van der Waals surface area contributed by atoms with Gasteiger partial charge in [-0.2, -0.15) is 0 Å². The smallest absolute Gasteiger partial charge is 0.122 e. The summed E-state index contributed by atoms with van der Waals surface area (Å²) in [4.78, 5) is 0. The molecule has 64 valence electrons. The van der Waals surface area contributed by atoms with Crippen LogP contribution in [0.5, 0.6) is 0 Å². The molecule has 0 aromatic heterocycles. The maximum absolute atomic E-state index is 9.30. The topological polar surface area (TPSA) is 44.3 Å². The van der Waals surface area contributed by atoms with Gasteiger partial charge in [-0.3, -0.25) is 0 Å². The predicted molar refractivity (Wildman–Crippen MR) is 47.0 cm³/mol. The highest BCUT2D eigenvalue weighted by molar-refractivity contribution is 5.41. The van der Waals surface area contributed by atoms with Gasteiger partial charge in [0.15, 0.2) is 0 Å². The van der Waals surface area contributed by atoms with Crippen molar-refractivity contribution in [2.45, 2.75) is 19.2 Å². The second-order valence-corrected chi connectivity index (χ2v) is 3.06. The molecule has 0 aliphatic carbocycles. The molecule has 0 saturated heterocycles. The van der Waals surface area contributed by atoms with Gasteiger partial charge in [0.2, 0.25) is 0 Å². The minimum Gasteiger partial charge on any atom is -0.389 e. The highest BCUT2D eigenvalue weighted by atomic mass is 16.3. The lowest BCUT2D eigenvalue weighted by Gasteiger charge is -2.20. The molecule has 3 N–H and O–H groups in total. The third-order valence-electron chi connectivity index (χ3n) is 2.10. The van der Waals surface area contributed by atoms with E-state index in [1.54, 1.807) is 6.92 Å². The first-order valence-electron chi connectivity index (χ1n) is 4.06. The number of aliphatic hydroxyl groups excluding tert-OH is 1. The minimum absolute atomic E-state index is 0.201. The Morgan fingerprint density at radius 3 is 3.08 bits per heavy atom. The molecule has 0 aromatic rings. The Morgan fingerprint density at radius 1 is 1.50 bits per heavy atom. The zero-order valence-corrected chi connectivity index (χ0v) is 6.91. The quantitative estimate of drug-likeness (QED) is 0.519. The Kier molecular flexibility index (Phi) is 1.66. The summed E-state index contributed by atoms with van der Waals surface area (Å²) in [5.41, 5.74) is 2.10. The molecule has 0 radical (unpaired) electrons. The summed E-state index contributed by atoms with van der Waals surface area (Å²) in [6.07, 6.45) is 7.56. The molecule has 2 heterocycles. The lowest BCUT2D eigenvalue weighted by Crippen LogP contribution is -2.37. The molecule has 3 nitrogen and oxygen atoms in total. The summed E-state index contributed by atoms with van der Waals surface area (Å²) in [6.45, 7) is 1.76. The number of hydrogen-bond donors (Lipinski definition) is 3. The summed E-state index contributed by atoms with van der Waals surface area (Å²) in [7, 11) is 0. The van der Waals surface area contributed by atoms with E-state index >= 15 is 0 Å². The number of rotatable bonds is 1. The van der Waals surface area contributed by atoms with Gasteiger partial charge < -0.3 is 15.7 Å². The zero-order chi connectivity index (χ0) is 8.55. The monoisotopic (exact) mass is 164 g/mol. The van der Waals surface area contributed by atoms with E-state index < -0.39 is 6.10 Å². The van der Waals surface area contributed by atoms with Crippen molar-refractivity contribution in [2.24, 2.45) is 0 Å². The van der Waals surface area contributed by atoms with Crippen LogP contribution in [0.4, 0.5) is 0 Å². The summed E-state index contributed by atoms with van der Waals surface area (Å²) in [5, 5.41) is 15.6. The van der Waals surface area contributed by atoms with E-state index in [-0.39, 0.29) is 6.17 Å². The summed E-state index contributed by atoms with van der Waals surface area (Å²) in [5.74, 6) is 0. The van der Waals surface area contributed by atoms with Gasteiger partial charge in [0, 0.05) is 6.20 Å². The average Bonchev–Trinajstić information content (AvgIpc) is 2.49. The maximum atomic E-state index is 9.30. The van der Waals surface area contributed by atoms with Crippen LogP contribution in [-0.2, 0) is 0 Å². The molecular formula is C9H12N2O. The third kappa shape index (κ3) is 1.12. The lowest BCUT2D eigenvalue weighted by molar-refractivity contribution is 0.233. The SMILES string of the molecule is CC(O)C1=CNC2NC=CC2=C1. The van der Waals surface area contributed by atoms with Crippen molar-refractivity contribution < 1.29 is 5.11 Å². The Labute approximate surface area is 71.5 Å². The first kappa shape index (κ1) is 7.43. The van der Waals surface area contributed by atoms with Crippen LogP contribution < -0.4 is 10.6 Å². The molecule has 0 amide bonds. The maximum Gasteiger partial charge on any atom is 0.122 e. The number of dihydropyridines is 1. The highest BCUT2D eigenvalue weighted by Crippen LogP contribution is 2.17. The van der Waals surface area contributed by atoms with Gasteiger partial charge >= 0.3 is 0 Å². The van der Waals surface area contributed by atoms with Gasteiger partial charge in [-0.05, 0) is 36.4 Å². The molecular weight excluding hydrogens is 152 g/mol. The van der Waals surface area contributed by atoms with Crippen LogP contribution in [0.3, 0.4) is 0 Å². The Balaban J connectivity index is 2.22. The van der Waals surface area contributed by atoms with E-state index in [1.165, 1.54) is 5.57 Å². The highest BCUT2D eigenvalue weighted by Gasteiger charge is 2.18. The first-order chi connectivity index (χ1) is 5.77. The molecule has 2 aliphatic heterocycles. The second kappa shape index (κ2) is 2.68. The van der Waals surface area contributed by atoms with Crippen LogP contribution in [0.2, 0.25) is 0 Å². The largest absolute Gasteiger partial charge is 0.389 e. The summed E-state index contributed by atoms with van der Waals surface area (Å²) < 4.78 is 0. The molecule has 2 rings (SSSR count). The van der Waals surface area contributed by atoms with Crippen LogP contribution in [0.25, 0.3) is 0 Å². The minimum atomic E-state index is -0.403. The fourth-order valence-electron chi connectivity index (χ4n) is 1.36. The number of hydrogen-bond acceptors (Lipinski definition) is 3. The summed E-state index contributed by atoms with van der Waals surface area (Å²) in [6, 6.07) is 0. The number of nitrogens with one attached hydrogen (secondary N) is 2. The van der Waals surface area contributed by atoms with Crippen molar-refractivity contribution in [3.63, 3.8) is 0 Å². The molecule has 0 aromatic carbocycles. The summed E-state index contributed by atoms with van der Waals surface area (Å²) >= 11 is 0. The van der Waals surface area contributed by atoms with E-state index in [4.69, 9.17) is 0 Å². The molecule has 0 saturated carbocycles. The Bertz CT molecular complexity index is 276. The average molecular weight is 164 g/mol. The van der Waals surface area contributed by atoms with Crippen LogP contribution in [0, 0.1) is 0 Å². The lowest BCUT2D eigenvalue weighted by atomic mass is 10.0. The molecule has 0 spiro atoms. The molecule has 2 unspecified atom stereocenters. The number of fused-ring (bicyclic) bond motifs is 1. The second-order valence-electron chi connectivity index (χ2n) is 3.06. The van der Waals surface area contributed by atoms with Crippen LogP contribution >= 0.6 is 0 Å². The molecule has 2 atom stereocenters. The molecule has 0 bridgehead atoms. The van der Waals surface area contributed by atoms with Crippen molar-refractivity contribution >= 4 is 0 Å². The van der Waals surface area contributed by atoms with Crippen molar-refractivity contribution in [2.75, 3.05) is 0 Å². The predicted octanol–water partition coefficient (Wildman–Crippen LogP) is 0.224. The third-order valence-corrected chi connectivity index (χ3v) is 2.10. The normalized spacial score (nSPS) is 28.0. The Hall–Kier alpha value is -1.22. The van der Waals surface area contributed by atoms with Gasteiger partial charge in [-0.15, -0.1) is 0 Å². The van der Waals surface area contributed by atoms with Gasteiger partial charge in [0.05, 0.1) is 6.10 Å². The molecule has 12 heavy (non-hydrogen) atoms. The fraction of sp³-hybridized carbons (Fsp3) is 0.333.